The second-order valence-electron chi connectivity index (χ2n) is 16.3. The van der Waals surface area contributed by atoms with Crippen LogP contribution < -0.4 is 19.3 Å². The molecule has 3 aromatic carbocycles. The van der Waals surface area contributed by atoms with Crippen LogP contribution in [0.1, 0.15) is 72.7 Å². The summed E-state index contributed by atoms with van der Waals surface area (Å²) in [7, 11) is -0.894. The maximum atomic E-state index is 17.6. The highest BCUT2D eigenvalue weighted by atomic mass is 32.2. The fraction of sp³-hybridized carbons (Fsp3) is 0.465. The van der Waals surface area contributed by atoms with Gasteiger partial charge in [-0.05, 0) is 99.4 Å². The number of halogens is 4. The fourth-order valence-electron chi connectivity index (χ4n) is 7.87. The summed E-state index contributed by atoms with van der Waals surface area (Å²) in [6, 6.07) is 15.6. The van der Waals surface area contributed by atoms with Crippen molar-refractivity contribution in [2.45, 2.75) is 83.4 Å². The van der Waals surface area contributed by atoms with Gasteiger partial charge in [0.15, 0.2) is 5.82 Å². The van der Waals surface area contributed by atoms with Crippen LogP contribution in [0.2, 0.25) is 0 Å². The van der Waals surface area contributed by atoms with Crippen molar-refractivity contribution in [3.63, 3.8) is 0 Å². The molecular weight excluding hydrogens is 791 g/mol. The average Bonchev–Trinajstić information content (AvgIpc) is 3.17. The molecule has 1 aliphatic carbocycles. The zero-order chi connectivity index (χ0) is 43.0. The number of sulfone groups is 1. The second kappa shape index (κ2) is 16.9. The van der Waals surface area contributed by atoms with E-state index in [1.54, 1.807) is 76.0 Å². The number of ether oxygens (including phenoxy) is 3. The van der Waals surface area contributed by atoms with Gasteiger partial charge in [-0.2, -0.15) is 13.2 Å². The molecule has 1 saturated heterocycles. The Morgan fingerprint density at radius 3 is 1.90 bits per heavy atom. The first-order valence-electron chi connectivity index (χ1n) is 19.4. The maximum absolute atomic E-state index is 17.6. The van der Waals surface area contributed by atoms with Gasteiger partial charge >= 0.3 is 12.3 Å². The standard InChI is InChI=1S/C43H51F4N5O6S/c1-26-21-33-34(48-40(59(8,54)55)49-39(33)50-17-19-51(20-18-50)41(53)58-42(3,4)5)23-32(26)36-37(43(45,46)47)27(2)22-35(38(36)44)52(24-28-9-13-30(56-6)14-10-28)25-29-11-15-31(57-7)16-12-29/h9-16,22,26,32H,17-21,23-25H2,1-8H3. The Balaban J connectivity index is 1.43. The molecule has 0 bridgehead atoms. The van der Waals surface area contributed by atoms with Crippen LogP contribution in [-0.2, 0) is 46.7 Å². The number of amides is 1. The average molecular weight is 842 g/mol. The number of methoxy groups -OCH3 is 2. The largest absolute Gasteiger partial charge is 0.497 e. The molecule has 2 unspecified atom stereocenters. The predicted octanol–water partition coefficient (Wildman–Crippen LogP) is 8.15. The minimum absolute atomic E-state index is 0.00167. The van der Waals surface area contributed by atoms with Crippen molar-refractivity contribution < 1.29 is 45.0 Å². The lowest BCUT2D eigenvalue weighted by molar-refractivity contribution is -0.139. The van der Waals surface area contributed by atoms with Crippen LogP contribution in [0.25, 0.3) is 0 Å². The van der Waals surface area contributed by atoms with Crippen molar-refractivity contribution in [3.05, 3.63) is 99.5 Å². The third-order valence-corrected chi connectivity index (χ3v) is 11.6. The van der Waals surface area contributed by atoms with Crippen LogP contribution in [0.3, 0.4) is 0 Å². The smallest absolute Gasteiger partial charge is 0.417 e. The predicted molar refractivity (Wildman–Crippen MR) is 216 cm³/mol. The molecule has 1 aromatic heterocycles. The number of aryl methyl sites for hydroxylation is 1. The van der Waals surface area contributed by atoms with Gasteiger partial charge in [0, 0.05) is 56.7 Å². The maximum Gasteiger partial charge on any atom is 0.417 e. The number of piperazine rings is 1. The van der Waals surface area contributed by atoms with E-state index in [2.05, 4.69) is 9.97 Å². The van der Waals surface area contributed by atoms with Gasteiger partial charge in [0.05, 0.1) is 31.2 Å². The van der Waals surface area contributed by atoms with Crippen LogP contribution in [0, 0.1) is 18.7 Å². The molecule has 16 heteroatoms. The van der Waals surface area contributed by atoms with E-state index in [-0.39, 0.29) is 56.0 Å². The van der Waals surface area contributed by atoms with Crippen molar-refractivity contribution in [1.29, 1.82) is 0 Å². The SMILES string of the molecule is COc1ccc(CN(Cc2ccc(OC)cc2)c2cc(C)c(C(F)(F)F)c(C3Cc4nc(S(C)(=O)=O)nc(N5CCN(C(=O)OC(C)(C)C)CC5)c4CC3C)c2F)cc1. The van der Waals surface area contributed by atoms with Crippen molar-refractivity contribution in [2.75, 3.05) is 56.5 Å². The Kier molecular flexibility index (Phi) is 12.4. The number of fused-ring (bicyclic) bond motifs is 1. The third kappa shape index (κ3) is 9.85. The highest BCUT2D eigenvalue weighted by molar-refractivity contribution is 7.90. The number of alkyl halides is 3. The number of anilines is 2. The first-order chi connectivity index (χ1) is 27.7. The van der Waals surface area contributed by atoms with Gasteiger partial charge in [-0.15, -0.1) is 0 Å². The number of hydrogen-bond donors (Lipinski definition) is 0. The Bertz CT molecular complexity index is 2220. The van der Waals surface area contributed by atoms with Gasteiger partial charge in [0.1, 0.15) is 22.9 Å². The van der Waals surface area contributed by atoms with E-state index < -0.39 is 61.6 Å². The lowest BCUT2D eigenvalue weighted by Gasteiger charge is -2.39. The van der Waals surface area contributed by atoms with Crippen LogP contribution in [0.4, 0.5) is 33.9 Å². The van der Waals surface area contributed by atoms with E-state index in [4.69, 9.17) is 14.2 Å². The van der Waals surface area contributed by atoms with Crippen molar-refractivity contribution in [1.82, 2.24) is 14.9 Å². The van der Waals surface area contributed by atoms with Crippen molar-refractivity contribution >= 4 is 27.4 Å². The van der Waals surface area contributed by atoms with E-state index in [1.807, 2.05) is 29.2 Å². The molecule has 318 valence electrons. The molecule has 0 spiro atoms. The Hall–Kier alpha value is -5.12. The Morgan fingerprint density at radius 1 is 0.881 bits per heavy atom. The van der Waals surface area contributed by atoms with E-state index in [0.29, 0.717) is 36.0 Å². The molecule has 1 aliphatic heterocycles. The second-order valence-corrected chi connectivity index (χ2v) is 18.2. The minimum Gasteiger partial charge on any atom is -0.497 e. The Labute approximate surface area is 343 Å². The molecule has 6 rings (SSSR count). The molecule has 59 heavy (non-hydrogen) atoms. The summed E-state index contributed by atoms with van der Waals surface area (Å²) >= 11 is 0. The first kappa shape index (κ1) is 43.5. The number of benzene rings is 3. The molecule has 2 aliphatic rings. The quantitative estimate of drug-likeness (QED) is 0.115. The zero-order valence-corrected chi connectivity index (χ0v) is 35.4. The van der Waals surface area contributed by atoms with E-state index >= 15 is 17.6 Å². The fourth-order valence-corrected chi connectivity index (χ4v) is 8.40. The number of hydrogen-bond acceptors (Lipinski definition) is 10. The molecule has 1 fully saturated rings. The summed E-state index contributed by atoms with van der Waals surface area (Å²) in [6.45, 7) is 9.92. The molecule has 11 nitrogen and oxygen atoms in total. The highest BCUT2D eigenvalue weighted by Gasteiger charge is 2.44. The van der Waals surface area contributed by atoms with E-state index in [9.17, 15) is 13.2 Å². The monoisotopic (exact) mass is 841 g/mol. The van der Waals surface area contributed by atoms with E-state index in [0.717, 1.165) is 17.4 Å². The van der Waals surface area contributed by atoms with Crippen LogP contribution in [0.5, 0.6) is 11.5 Å². The van der Waals surface area contributed by atoms with Crippen LogP contribution in [0.15, 0.2) is 59.8 Å². The lowest BCUT2D eigenvalue weighted by atomic mass is 9.73. The molecule has 2 heterocycles. The van der Waals surface area contributed by atoms with Gasteiger partial charge in [0.2, 0.25) is 15.0 Å². The molecule has 4 aromatic rings. The minimum atomic E-state index is -4.90. The summed E-state index contributed by atoms with van der Waals surface area (Å²) in [5, 5.41) is -0.472. The summed E-state index contributed by atoms with van der Waals surface area (Å²) < 4.78 is 105. The molecular formula is C43H51F4N5O6S. The summed E-state index contributed by atoms with van der Waals surface area (Å²) in [4.78, 5) is 26.9. The normalized spacial score (nSPS) is 17.4. The first-order valence-corrected chi connectivity index (χ1v) is 21.3. The number of carbonyl (C=O) groups excluding carboxylic acids is 1. The lowest BCUT2D eigenvalue weighted by Crippen LogP contribution is -2.50. The molecule has 2 atom stereocenters. The summed E-state index contributed by atoms with van der Waals surface area (Å²) in [5.41, 5.74) is 0.0377. The number of rotatable bonds is 10. The molecule has 0 N–H and O–H groups in total. The Morgan fingerprint density at radius 2 is 1.42 bits per heavy atom. The topological polar surface area (TPSA) is 114 Å². The third-order valence-electron chi connectivity index (χ3n) is 10.8. The van der Waals surface area contributed by atoms with Crippen LogP contribution >= 0.6 is 0 Å². The van der Waals surface area contributed by atoms with Crippen LogP contribution in [-0.4, -0.2) is 81.6 Å². The van der Waals surface area contributed by atoms with Gasteiger partial charge in [-0.1, -0.05) is 31.2 Å². The number of nitrogens with zero attached hydrogens (tertiary/aromatic N) is 5. The van der Waals surface area contributed by atoms with Crippen molar-refractivity contribution in [2.24, 2.45) is 5.92 Å². The van der Waals surface area contributed by atoms with Gasteiger partial charge < -0.3 is 28.9 Å². The molecule has 0 radical (unpaired) electrons. The number of aromatic nitrogens is 2. The van der Waals surface area contributed by atoms with E-state index in [1.165, 1.54) is 13.0 Å². The van der Waals surface area contributed by atoms with Gasteiger partial charge in [-0.25, -0.2) is 27.6 Å². The highest BCUT2D eigenvalue weighted by Crippen LogP contribution is 2.48. The molecule has 0 saturated carbocycles. The summed E-state index contributed by atoms with van der Waals surface area (Å²) in [5.74, 6) is -0.984. The van der Waals surface area contributed by atoms with Gasteiger partial charge in [-0.3, -0.25) is 0 Å². The zero-order valence-electron chi connectivity index (χ0n) is 34.6. The van der Waals surface area contributed by atoms with Gasteiger partial charge in [0.25, 0.3) is 0 Å². The van der Waals surface area contributed by atoms with Crippen molar-refractivity contribution in [3.8, 4) is 11.5 Å². The molecule has 1 amide bonds. The number of carbonyl (C=O) groups is 1. The summed E-state index contributed by atoms with van der Waals surface area (Å²) in [6.07, 6.45) is -4.41.